The molecular weight excluding hydrogens is 263 g/mol. The molecule has 0 heterocycles. The Morgan fingerprint density at radius 2 is 2.00 bits per heavy atom. The molecule has 19 heavy (non-hydrogen) atoms. The second kappa shape index (κ2) is 5.80. The van der Waals surface area contributed by atoms with Crippen LogP contribution in [0.1, 0.15) is 45.1 Å². The molecule has 0 aliphatic heterocycles. The number of hydrogen-bond donors (Lipinski definition) is 1. The molecule has 1 N–H and O–H groups in total. The normalized spacial score (nSPS) is 21.3. The van der Waals surface area contributed by atoms with Crippen LogP contribution >= 0.6 is 11.6 Å². The molecular formula is C16H22ClFO. The van der Waals surface area contributed by atoms with Crippen molar-refractivity contribution < 1.29 is 9.50 Å². The number of rotatable bonds is 3. The summed E-state index contributed by atoms with van der Waals surface area (Å²) in [6.45, 7) is 4.57. The maximum Gasteiger partial charge on any atom is 0.124 e. The van der Waals surface area contributed by atoms with Gasteiger partial charge in [0.25, 0.3) is 0 Å². The highest BCUT2D eigenvalue weighted by atomic mass is 35.5. The molecule has 0 aromatic heterocycles. The number of hydrogen-bond acceptors (Lipinski definition) is 1. The van der Waals surface area contributed by atoms with Crippen molar-refractivity contribution >= 4 is 11.6 Å². The van der Waals surface area contributed by atoms with E-state index in [-0.39, 0.29) is 11.9 Å². The minimum atomic E-state index is -0.376. The second-order valence-electron chi connectivity index (χ2n) is 6.51. The smallest absolute Gasteiger partial charge is 0.124 e. The predicted molar refractivity (Wildman–Crippen MR) is 76.9 cm³/mol. The first-order valence-corrected chi connectivity index (χ1v) is 7.37. The summed E-state index contributed by atoms with van der Waals surface area (Å²) in [5.74, 6) is 0.0109. The Morgan fingerprint density at radius 1 is 1.37 bits per heavy atom. The zero-order valence-corrected chi connectivity index (χ0v) is 12.4. The summed E-state index contributed by atoms with van der Waals surface area (Å²) in [6.07, 6.45) is 4.58. The Morgan fingerprint density at radius 3 is 2.58 bits per heavy atom. The summed E-state index contributed by atoms with van der Waals surface area (Å²) in [5.41, 5.74) is 1.24. The minimum absolute atomic E-state index is 0.331. The Bertz CT molecular complexity index is 434. The Labute approximate surface area is 119 Å². The summed E-state index contributed by atoms with van der Waals surface area (Å²) in [7, 11) is 0. The van der Waals surface area contributed by atoms with Gasteiger partial charge >= 0.3 is 0 Å². The molecule has 0 amide bonds. The zero-order chi connectivity index (χ0) is 14.0. The lowest BCUT2D eigenvalue weighted by atomic mass is 9.71. The number of benzene rings is 1. The summed E-state index contributed by atoms with van der Waals surface area (Å²) in [6, 6.07) is 4.39. The monoisotopic (exact) mass is 284 g/mol. The van der Waals surface area contributed by atoms with Crippen LogP contribution in [0.2, 0.25) is 5.02 Å². The van der Waals surface area contributed by atoms with Crippen LogP contribution in [0.3, 0.4) is 0 Å². The maximum atomic E-state index is 13.0. The van der Waals surface area contributed by atoms with Crippen molar-refractivity contribution in [2.24, 2.45) is 11.3 Å². The quantitative estimate of drug-likeness (QED) is 0.860. The lowest BCUT2D eigenvalue weighted by molar-refractivity contribution is 0.0576. The third-order valence-corrected chi connectivity index (χ3v) is 4.72. The van der Waals surface area contributed by atoms with Crippen LogP contribution in [0.4, 0.5) is 4.39 Å². The van der Waals surface area contributed by atoms with Gasteiger partial charge in [-0.05, 0) is 54.7 Å². The van der Waals surface area contributed by atoms with E-state index in [9.17, 15) is 9.50 Å². The predicted octanol–water partition coefficient (Wildman–Crippen LogP) is 4.60. The molecule has 1 nitrogen and oxygen atoms in total. The van der Waals surface area contributed by atoms with Crippen molar-refractivity contribution in [2.45, 2.75) is 52.1 Å². The summed E-state index contributed by atoms with van der Waals surface area (Å²) in [5, 5.41) is 10.8. The highest BCUT2D eigenvalue weighted by Crippen LogP contribution is 2.39. The molecule has 0 bridgehead atoms. The van der Waals surface area contributed by atoms with E-state index in [1.54, 1.807) is 6.07 Å². The van der Waals surface area contributed by atoms with Crippen LogP contribution in [0, 0.1) is 17.2 Å². The largest absolute Gasteiger partial charge is 0.392 e. The average molecular weight is 285 g/mol. The van der Waals surface area contributed by atoms with Crippen molar-refractivity contribution in [3.05, 3.63) is 34.6 Å². The fourth-order valence-electron chi connectivity index (χ4n) is 2.89. The number of aliphatic hydroxyl groups is 1. The highest BCUT2D eigenvalue weighted by Gasteiger charge is 2.30. The average Bonchev–Trinajstić information content (AvgIpc) is 2.32. The van der Waals surface area contributed by atoms with Crippen LogP contribution in [-0.2, 0) is 6.42 Å². The lowest BCUT2D eigenvalue weighted by Gasteiger charge is -2.36. The molecule has 1 atom stereocenters. The molecule has 0 spiro atoms. The SMILES string of the molecule is CC1(C)CCC(C(O)Cc2ccc(F)cc2Cl)CC1. The van der Waals surface area contributed by atoms with Gasteiger partial charge in [-0.3, -0.25) is 0 Å². The number of aliphatic hydroxyl groups excluding tert-OH is 1. The van der Waals surface area contributed by atoms with Gasteiger partial charge in [-0.1, -0.05) is 31.5 Å². The van der Waals surface area contributed by atoms with Gasteiger partial charge in [0.15, 0.2) is 0 Å². The van der Waals surface area contributed by atoms with E-state index in [0.717, 1.165) is 31.2 Å². The molecule has 1 saturated carbocycles. The van der Waals surface area contributed by atoms with E-state index >= 15 is 0 Å². The molecule has 1 aromatic rings. The molecule has 3 heteroatoms. The molecule has 1 fully saturated rings. The lowest BCUT2D eigenvalue weighted by Crippen LogP contribution is -2.30. The second-order valence-corrected chi connectivity index (χ2v) is 6.92. The Balaban J connectivity index is 1.96. The fourth-order valence-corrected chi connectivity index (χ4v) is 3.13. The van der Waals surface area contributed by atoms with Crippen molar-refractivity contribution in [3.63, 3.8) is 0 Å². The highest BCUT2D eigenvalue weighted by molar-refractivity contribution is 6.31. The van der Waals surface area contributed by atoms with Crippen LogP contribution < -0.4 is 0 Å². The zero-order valence-electron chi connectivity index (χ0n) is 11.6. The van der Waals surface area contributed by atoms with E-state index in [1.807, 2.05) is 0 Å². The summed E-state index contributed by atoms with van der Waals surface area (Å²) < 4.78 is 13.0. The van der Waals surface area contributed by atoms with E-state index < -0.39 is 0 Å². The Hall–Kier alpha value is -0.600. The van der Waals surface area contributed by atoms with E-state index in [1.165, 1.54) is 12.1 Å². The molecule has 1 aliphatic rings. The topological polar surface area (TPSA) is 20.2 Å². The summed E-state index contributed by atoms with van der Waals surface area (Å²) >= 11 is 6.01. The number of halogens is 2. The van der Waals surface area contributed by atoms with Crippen LogP contribution in [-0.4, -0.2) is 11.2 Å². The van der Waals surface area contributed by atoms with Gasteiger partial charge in [-0.25, -0.2) is 4.39 Å². The third kappa shape index (κ3) is 3.93. The standard InChI is InChI=1S/C16H22ClFO/c1-16(2)7-5-11(6-8-16)15(19)9-12-3-4-13(18)10-14(12)17/h3-4,10-11,15,19H,5-9H2,1-2H3. The van der Waals surface area contributed by atoms with E-state index in [4.69, 9.17) is 11.6 Å². The molecule has 2 rings (SSSR count). The van der Waals surface area contributed by atoms with Crippen molar-refractivity contribution in [1.29, 1.82) is 0 Å². The summed E-state index contributed by atoms with van der Waals surface area (Å²) in [4.78, 5) is 0. The van der Waals surface area contributed by atoms with Crippen molar-refractivity contribution in [1.82, 2.24) is 0 Å². The molecule has 1 aliphatic carbocycles. The van der Waals surface area contributed by atoms with Gasteiger partial charge in [0.05, 0.1) is 6.10 Å². The van der Waals surface area contributed by atoms with Gasteiger partial charge in [0.2, 0.25) is 0 Å². The molecule has 0 saturated heterocycles. The molecule has 1 aromatic carbocycles. The first-order chi connectivity index (χ1) is 8.87. The van der Waals surface area contributed by atoms with E-state index in [2.05, 4.69) is 13.8 Å². The van der Waals surface area contributed by atoms with Crippen LogP contribution in [0.25, 0.3) is 0 Å². The van der Waals surface area contributed by atoms with E-state index in [0.29, 0.717) is 22.8 Å². The van der Waals surface area contributed by atoms with Crippen LogP contribution in [0.5, 0.6) is 0 Å². The van der Waals surface area contributed by atoms with Gasteiger partial charge < -0.3 is 5.11 Å². The first kappa shape index (κ1) is 14.8. The van der Waals surface area contributed by atoms with Crippen molar-refractivity contribution in [2.75, 3.05) is 0 Å². The third-order valence-electron chi connectivity index (χ3n) is 4.37. The molecule has 106 valence electrons. The van der Waals surface area contributed by atoms with Gasteiger partial charge in [-0.2, -0.15) is 0 Å². The first-order valence-electron chi connectivity index (χ1n) is 6.99. The van der Waals surface area contributed by atoms with Gasteiger partial charge in [0.1, 0.15) is 5.82 Å². The van der Waals surface area contributed by atoms with Crippen molar-refractivity contribution in [3.8, 4) is 0 Å². The minimum Gasteiger partial charge on any atom is -0.392 e. The maximum absolute atomic E-state index is 13.0. The van der Waals surface area contributed by atoms with Gasteiger partial charge in [0, 0.05) is 11.4 Å². The van der Waals surface area contributed by atoms with Crippen LogP contribution in [0.15, 0.2) is 18.2 Å². The van der Waals surface area contributed by atoms with Gasteiger partial charge in [-0.15, -0.1) is 0 Å². The molecule has 1 unspecified atom stereocenters. The fraction of sp³-hybridized carbons (Fsp3) is 0.625. The molecule has 0 radical (unpaired) electrons. The Kier molecular flexibility index (Phi) is 4.52.